The zero-order chi connectivity index (χ0) is 18.4. The molecule has 3 aromatic rings. The molecule has 0 atom stereocenters. The van der Waals surface area contributed by atoms with E-state index in [1.165, 1.54) is 12.2 Å². The number of rotatable bonds is 2. The zero-order valence-corrected chi connectivity index (χ0v) is 14.0. The lowest BCUT2D eigenvalue weighted by atomic mass is 9.95. The Bertz CT molecular complexity index is 892. The van der Waals surface area contributed by atoms with Crippen molar-refractivity contribution >= 4 is 17.3 Å². The maximum atomic E-state index is 11.8. The van der Waals surface area contributed by atoms with Crippen LogP contribution in [0.1, 0.15) is 36.6 Å². The molecule has 3 heteroatoms. The average molecular weight is 340 g/mol. The highest BCUT2D eigenvalue weighted by Gasteiger charge is 2.17. The van der Waals surface area contributed by atoms with Gasteiger partial charge < -0.3 is 0 Å². The summed E-state index contributed by atoms with van der Waals surface area (Å²) in [5.41, 5.74) is 2.48. The van der Waals surface area contributed by atoms with Crippen molar-refractivity contribution in [3.05, 3.63) is 119 Å². The SMILES string of the molecule is O=C(c1ccccc1)c1ccccc1.O=C1C=CC(=O)c2ccccc21. The molecule has 0 N–H and O–H groups in total. The smallest absolute Gasteiger partial charge is 0.193 e. The van der Waals surface area contributed by atoms with E-state index in [1.54, 1.807) is 24.3 Å². The molecular weight excluding hydrogens is 324 g/mol. The second kappa shape index (κ2) is 7.99. The van der Waals surface area contributed by atoms with Gasteiger partial charge in [0, 0.05) is 22.3 Å². The number of carbonyl (C=O) groups excluding carboxylic acids is 3. The molecule has 0 amide bonds. The Labute approximate surface area is 151 Å². The minimum atomic E-state index is -0.0924. The molecule has 1 aliphatic rings. The summed E-state index contributed by atoms with van der Waals surface area (Å²) in [4.78, 5) is 34.2. The van der Waals surface area contributed by atoms with Crippen LogP contribution >= 0.6 is 0 Å². The quantitative estimate of drug-likeness (QED) is 0.644. The van der Waals surface area contributed by atoms with Crippen LogP contribution in [-0.2, 0) is 0 Å². The van der Waals surface area contributed by atoms with Gasteiger partial charge in [0.05, 0.1) is 0 Å². The van der Waals surface area contributed by atoms with Crippen LogP contribution in [-0.4, -0.2) is 17.3 Å². The zero-order valence-electron chi connectivity index (χ0n) is 14.0. The minimum Gasteiger partial charge on any atom is -0.289 e. The first-order valence-electron chi connectivity index (χ1n) is 8.17. The van der Waals surface area contributed by atoms with Gasteiger partial charge in [0.15, 0.2) is 17.3 Å². The molecule has 0 heterocycles. The number of benzene rings is 3. The van der Waals surface area contributed by atoms with Gasteiger partial charge in [0.2, 0.25) is 0 Å². The third-order valence-corrected chi connectivity index (χ3v) is 3.92. The Kier molecular flexibility index (Phi) is 5.30. The first-order valence-corrected chi connectivity index (χ1v) is 8.17. The van der Waals surface area contributed by atoms with E-state index in [9.17, 15) is 14.4 Å². The predicted octanol–water partition coefficient (Wildman–Crippen LogP) is 4.54. The van der Waals surface area contributed by atoms with Crippen molar-refractivity contribution < 1.29 is 14.4 Å². The highest BCUT2D eigenvalue weighted by molar-refractivity contribution is 6.21. The van der Waals surface area contributed by atoms with Crippen LogP contribution in [0.3, 0.4) is 0 Å². The lowest BCUT2D eigenvalue weighted by molar-refractivity contribution is 0.0994. The van der Waals surface area contributed by atoms with Crippen molar-refractivity contribution in [2.45, 2.75) is 0 Å². The molecular formula is C23H16O3. The molecule has 3 aromatic carbocycles. The summed E-state index contributed by atoms with van der Waals surface area (Å²) in [6.45, 7) is 0. The molecule has 3 nitrogen and oxygen atoms in total. The van der Waals surface area contributed by atoms with E-state index >= 15 is 0 Å². The molecule has 0 fully saturated rings. The van der Waals surface area contributed by atoms with Crippen LogP contribution in [0, 0.1) is 0 Å². The van der Waals surface area contributed by atoms with E-state index in [0.29, 0.717) is 11.1 Å². The lowest BCUT2D eigenvalue weighted by Gasteiger charge is -2.06. The predicted molar refractivity (Wildman–Crippen MR) is 101 cm³/mol. The van der Waals surface area contributed by atoms with Crippen LogP contribution in [0.5, 0.6) is 0 Å². The molecule has 0 spiro atoms. The molecule has 0 radical (unpaired) electrons. The fourth-order valence-electron chi connectivity index (χ4n) is 2.59. The number of allylic oxidation sites excluding steroid dienone is 2. The molecule has 0 saturated heterocycles. The first kappa shape index (κ1) is 17.2. The Hall–Kier alpha value is -3.59. The Morgan fingerprint density at radius 2 is 0.846 bits per heavy atom. The molecule has 0 unspecified atom stereocenters. The van der Waals surface area contributed by atoms with E-state index in [1.807, 2.05) is 60.7 Å². The molecule has 4 rings (SSSR count). The summed E-state index contributed by atoms with van der Waals surface area (Å²) >= 11 is 0. The fourth-order valence-corrected chi connectivity index (χ4v) is 2.59. The van der Waals surface area contributed by atoms with Crippen LogP contribution in [0.4, 0.5) is 0 Å². The third kappa shape index (κ3) is 3.90. The van der Waals surface area contributed by atoms with Gasteiger partial charge in [0.1, 0.15) is 0 Å². The van der Waals surface area contributed by atoms with Gasteiger partial charge in [-0.3, -0.25) is 14.4 Å². The summed E-state index contributed by atoms with van der Waals surface area (Å²) in [5, 5.41) is 0. The summed E-state index contributed by atoms with van der Waals surface area (Å²) in [6, 6.07) is 25.4. The van der Waals surface area contributed by atoms with Crippen molar-refractivity contribution in [3.63, 3.8) is 0 Å². The monoisotopic (exact) mass is 340 g/mol. The molecule has 0 aromatic heterocycles. The first-order chi connectivity index (χ1) is 12.7. The second-order valence-corrected chi connectivity index (χ2v) is 5.67. The van der Waals surface area contributed by atoms with Gasteiger partial charge in [-0.15, -0.1) is 0 Å². The van der Waals surface area contributed by atoms with Gasteiger partial charge in [-0.1, -0.05) is 84.9 Å². The third-order valence-electron chi connectivity index (χ3n) is 3.92. The molecule has 26 heavy (non-hydrogen) atoms. The van der Waals surface area contributed by atoms with Crippen molar-refractivity contribution in [1.82, 2.24) is 0 Å². The number of fused-ring (bicyclic) bond motifs is 1. The van der Waals surface area contributed by atoms with Crippen LogP contribution in [0.2, 0.25) is 0 Å². The number of ketones is 3. The van der Waals surface area contributed by atoms with E-state index in [-0.39, 0.29) is 17.3 Å². The summed E-state index contributed by atoms with van der Waals surface area (Å²) in [6.07, 6.45) is 2.62. The molecule has 0 saturated carbocycles. The van der Waals surface area contributed by atoms with E-state index < -0.39 is 0 Å². The Morgan fingerprint density at radius 1 is 0.500 bits per heavy atom. The summed E-state index contributed by atoms with van der Waals surface area (Å²) in [5.74, 6) is -0.110. The summed E-state index contributed by atoms with van der Waals surface area (Å²) in [7, 11) is 0. The molecule has 126 valence electrons. The van der Waals surface area contributed by atoms with Crippen LogP contribution in [0.25, 0.3) is 0 Å². The van der Waals surface area contributed by atoms with Crippen molar-refractivity contribution in [3.8, 4) is 0 Å². The largest absolute Gasteiger partial charge is 0.289 e. The van der Waals surface area contributed by atoms with Gasteiger partial charge in [-0.05, 0) is 12.2 Å². The van der Waals surface area contributed by atoms with E-state index in [4.69, 9.17) is 0 Å². The number of carbonyl (C=O) groups is 3. The van der Waals surface area contributed by atoms with Gasteiger partial charge in [0.25, 0.3) is 0 Å². The highest BCUT2D eigenvalue weighted by atomic mass is 16.1. The standard InChI is InChI=1S/C13H10O.C10H6O2/c14-13(11-7-3-1-4-8-11)12-9-5-2-6-10-12;11-9-5-6-10(12)8-4-2-1-3-7(8)9/h1-10H;1-6H. The van der Waals surface area contributed by atoms with E-state index in [2.05, 4.69) is 0 Å². The molecule has 0 aliphatic heterocycles. The average Bonchev–Trinajstić information content (AvgIpc) is 2.72. The van der Waals surface area contributed by atoms with Crippen molar-refractivity contribution in [1.29, 1.82) is 0 Å². The van der Waals surface area contributed by atoms with Crippen LogP contribution in [0.15, 0.2) is 97.1 Å². The van der Waals surface area contributed by atoms with Crippen molar-refractivity contribution in [2.24, 2.45) is 0 Å². The van der Waals surface area contributed by atoms with E-state index in [0.717, 1.165) is 11.1 Å². The maximum absolute atomic E-state index is 11.8. The fraction of sp³-hybridized carbons (Fsp3) is 0. The Balaban J connectivity index is 0.000000152. The number of hydrogen-bond donors (Lipinski definition) is 0. The molecule has 0 bridgehead atoms. The second-order valence-electron chi connectivity index (χ2n) is 5.67. The number of hydrogen-bond acceptors (Lipinski definition) is 3. The van der Waals surface area contributed by atoms with Gasteiger partial charge >= 0.3 is 0 Å². The van der Waals surface area contributed by atoms with Gasteiger partial charge in [-0.25, -0.2) is 0 Å². The normalized spacial score (nSPS) is 12.0. The minimum absolute atomic E-state index is 0.0752. The topological polar surface area (TPSA) is 51.2 Å². The molecule has 1 aliphatic carbocycles. The summed E-state index contributed by atoms with van der Waals surface area (Å²) < 4.78 is 0. The lowest BCUT2D eigenvalue weighted by Crippen LogP contribution is -2.10. The van der Waals surface area contributed by atoms with Crippen molar-refractivity contribution in [2.75, 3.05) is 0 Å². The Morgan fingerprint density at radius 3 is 1.23 bits per heavy atom. The van der Waals surface area contributed by atoms with Gasteiger partial charge in [-0.2, -0.15) is 0 Å². The maximum Gasteiger partial charge on any atom is 0.193 e. The van der Waals surface area contributed by atoms with Crippen LogP contribution < -0.4 is 0 Å². The highest BCUT2D eigenvalue weighted by Crippen LogP contribution is 2.15.